The zero-order valence-corrected chi connectivity index (χ0v) is 17.1. The van der Waals surface area contributed by atoms with Crippen molar-refractivity contribution in [2.75, 3.05) is 19.8 Å². The van der Waals surface area contributed by atoms with Gasteiger partial charge in [-0.2, -0.15) is 5.10 Å². The quantitative estimate of drug-likeness (QED) is 0.647. The summed E-state index contributed by atoms with van der Waals surface area (Å²) in [7, 11) is 0. The first-order chi connectivity index (χ1) is 14.2. The number of nitrogens with zero attached hydrogens (tertiary/aromatic N) is 4. The Morgan fingerprint density at radius 1 is 1.31 bits per heavy atom. The van der Waals surface area contributed by atoms with Gasteiger partial charge >= 0.3 is 0 Å². The highest BCUT2D eigenvalue weighted by Gasteiger charge is 2.23. The lowest BCUT2D eigenvalue weighted by molar-refractivity contribution is -0.0286. The molecule has 0 spiro atoms. The minimum Gasteiger partial charge on any atom is -0.392 e. The van der Waals surface area contributed by atoms with Crippen molar-refractivity contribution in [3.8, 4) is 11.1 Å². The highest BCUT2D eigenvalue weighted by Crippen LogP contribution is 2.32. The molecule has 0 radical (unpaired) electrons. The van der Waals surface area contributed by atoms with Crippen LogP contribution in [0, 0.1) is 0 Å². The molecule has 7 nitrogen and oxygen atoms in total. The molecule has 2 aromatic heterocycles. The summed E-state index contributed by atoms with van der Waals surface area (Å²) in [6, 6.07) is 4.41. The maximum absolute atomic E-state index is 10.2. The van der Waals surface area contributed by atoms with Crippen LogP contribution in [-0.2, 0) is 11.3 Å². The summed E-state index contributed by atoms with van der Waals surface area (Å²) < 4.78 is 9.45. The molecule has 3 aromatic rings. The fraction of sp³-hybridized carbons (Fsp3) is 0.524. The number of aliphatic hydroxyl groups is 1. The van der Waals surface area contributed by atoms with Crippen LogP contribution in [0.3, 0.4) is 0 Å². The van der Waals surface area contributed by atoms with Crippen molar-refractivity contribution in [1.29, 1.82) is 0 Å². The lowest BCUT2D eigenvalue weighted by Gasteiger charge is -2.29. The molecular formula is C21H26ClN5O2. The molecule has 0 saturated carbocycles. The zero-order valence-electron chi connectivity index (χ0n) is 16.3. The van der Waals surface area contributed by atoms with E-state index < -0.39 is 0 Å². The topological polar surface area (TPSA) is 77.1 Å². The van der Waals surface area contributed by atoms with Gasteiger partial charge in [0.15, 0.2) is 0 Å². The average Bonchev–Trinajstić information content (AvgIpc) is 3.29. The van der Waals surface area contributed by atoms with E-state index in [2.05, 4.69) is 26.2 Å². The van der Waals surface area contributed by atoms with E-state index >= 15 is 0 Å². The molecule has 5 rings (SSSR count). The van der Waals surface area contributed by atoms with Crippen LogP contribution in [0.1, 0.15) is 31.7 Å². The van der Waals surface area contributed by atoms with Gasteiger partial charge in [0.2, 0.25) is 0 Å². The number of aromatic nitrogens is 4. The summed E-state index contributed by atoms with van der Waals surface area (Å²) in [4.78, 5) is 4.58. The molecule has 4 heterocycles. The molecule has 2 atom stereocenters. The predicted octanol–water partition coefficient (Wildman–Crippen LogP) is 3.02. The molecule has 2 N–H and O–H groups in total. The zero-order chi connectivity index (χ0) is 19.8. The molecule has 29 heavy (non-hydrogen) atoms. The Morgan fingerprint density at radius 2 is 2.21 bits per heavy atom. The van der Waals surface area contributed by atoms with E-state index in [-0.39, 0.29) is 12.1 Å². The fourth-order valence-electron chi connectivity index (χ4n) is 4.33. The number of hydrogen-bond donors (Lipinski definition) is 2. The van der Waals surface area contributed by atoms with Crippen molar-refractivity contribution < 1.29 is 9.84 Å². The summed E-state index contributed by atoms with van der Waals surface area (Å²) in [6.45, 7) is 3.27. The Kier molecular flexibility index (Phi) is 5.30. The van der Waals surface area contributed by atoms with Gasteiger partial charge in [0.05, 0.1) is 48.9 Å². The third kappa shape index (κ3) is 3.80. The monoisotopic (exact) mass is 415 g/mol. The normalized spacial score (nSPS) is 22.8. The van der Waals surface area contributed by atoms with E-state index in [0.29, 0.717) is 24.3 Å². The number of rotatable bonds is 6. The van der Waals surface area contributed by atoms with Crippen LogP contribution in [0.4, 0.5) is 0 Å². The SMILES string of the molecule is O[C@H]1CCCN[C@@H]1CCCn1cnc2cc(Cl)cc(-c3cnn(C4COC4)c3)c21. The minimum absolute atomic E-state index is 0.190. The summed E-state index contributed by atoms with van der Waals surface area (Å²) in [5.74, 6) is 0. The lowest BCUT2D eigenvalue weighted by Crippen LogP contribution is -2.44. The van der Waals surface area contributed by atoms with Crippen LogP contribution in [0.5, 0.6) is 0 Å². The van der Waals surface area contributed by atoms with E-state index in [0.717, 1.165) is 60.9 Å². The summed E-state index contributed by atoms with van der Waals surface area (Å²) in [6.07, 6.45) is 9.47. The first-order valence-electron chi connectivity index (χ1n) is 10.4. The molecule has 0 aliphatic carbocycles. The number of fused-ring (bicyclic) bond motifs is 1. The van der Waals surface area contributed by atoms with Crippen LogP contribution in [0.15, 0.2) is 30.9 Å². The van der Waals surface area contributed by atoms with Crippen molar-refractivity contribution in [1.82, 2.24) is 24.6 Å². The molecule has 2 fully saturated rings. The number of aliphatic hydroxyl groups excluding tert-OH is 1. The predicted molar refractivity (Wildman–Crippen MR) is 112 cm³/mol. The maximum Gasteiger partial charge on any atom is 0.0985 e. The third-order valence-electron chi connectivity index (χ3n) is 6.05. The number of aryl methyl sites for hydroxylation is 1. The van der Waals surface area contributed by atoms with Gasteiger partial charge in [-0.05, 0) is 44.4 Å². The van der Waals surface area contributed by atoms with Crippen LogP contribution >= 0.6 is 11.6 Å². The first-order valence-corrected chi connectivity index (χ1v) is 10.7. The first kappa shape index (κ1) is 19.1. The number of benzene rings is 1. The number of nitrogens with one attached hydrogen (secondary N) is 1. The molecule has 2 aliphatic heterocycles. The molecule has 2 saturated heterocycles. The molecule has 154 valence electrons. The van der Waals surface area contributed by atoms with E-state index in [4.69, 9.17) is 16.3 Å². The van der Waals surface area contributed by atoms with Crippen molar-refractivity contribution in [3.63, 3.8) is 0 Å². The van der Waals surface area contributed by atoms with Gasteiger partial charge in [-0.15, -0.1) is 0 Å². The molecule has 8 heteroatoms. The number of hydrogen-bond acceptors (Lipinski definition) is 5. The third-order valence-corrected chi connectivity index (χ3v) is 6.27. The molecule has 0 unspecified atom stereocenters. The average molecular weight is 416 g/mol. The molecule has 0 bridgehead atoms. The molecule has 0 amide bonds. The van der Waals surface area contributed by atoms with Gasteiger partial charge in [0.1, 0.15) is 0 Å². The van der Waals surface area contributed by atoms with Crippen molar-refractivity contribution in [3.05, 3.63) is 35.9 Å². The van der Waals surface area contributed by atoms with E-state index in [1.807, 2.05) is 29.3 Å². The van der Waals surface area contributed by atoms with Gasteiger partial charge < -0.3 is 19.7 Å². The van der Waals surface area contributed by atoms with E-state index in [1.165, 1.54) is 0 Å². The Hall–Kier alpha value is -1.93. The highest BCUT2D eigenvalue weighted by atomic mass is 35.5. The smallest absolute Gasteiger partial charge is 0.0985 e. The molecule has 1 aromatic carbocycles. The van der Waals surface area contributed by atoms with Crippen molar-refractivity contribution in [2.45, 2.75) is 50.4 Å². The van der Waals surface area contributed by atoms with E-state index in [1.54, 1.807) is 0 Å². The Labute approximate surface area is 174 Å². The Balaban J connectivity index is 1.39. The second-order valence-electron chi connectivity index (χ2n) is 8.07. The van der Waals surface area contributed by atoms with Crippen LogP contribution in [-0.4, -0.2) is 56.3 Å². The Bertz CT molecular complexity index is 996. The van der Waals surface area contributed by atoms with Gasteiger partial charge in [0, 0.05) is 34.9 Å². The number of piperidine rings is 1. The van der Waals surface area contributed by atoms with Gasteiger partial charge in [-0.25, -0.2) is 4.98 Å². The molecule has 2 aliphatic rings. The Morgan fingerprint density at radius 3 is 3.00 bits per heavy atom. The van der Waals surface area contributed by atoms with Crippen LogP contribution in [0.2, 0.25) is 5.02 Å². The lowest BCUT2D eigenvalue weighted by atomic mass is 9.97. The number of halogens is 1. The largest absolute Gasteiger partial charge is 0.392 e. The molecular weight excluding hydrogens is 390 g/mol. The van der Waals surface area contributed by atoms with Crippen LogP contribution in [0.25, 0.3) is 22.2 Å². The number of ether oxygens (including phenoxy) is 1. The second-order valence-corrected chi connectivity index (χ2v) is 8.51. The highest BCUT2D eigenvalue weighted by molar-refractivity contribution is 6.31. The summed E-state index contributed by atoms with van der Waals surface area (Å²) >= 11 is 6.38. The van der Waals surface area contributed by atoms with Gasteiger partial charge in [-0.1, -0.05) is 11.6 Å². The maximum atomic E-state index is 10.2. The fourth-order valence-corrected chi connectivity index (χ4v) is 4.54. The number of imidazole rings is 1. The second kappa shape index (κ2) is 8.07. The minimum atomic E-state index is -0.237. The van der Waals surface area contributed by atoms with Crippen LogP contribution < -0.4 is 5.32 Å². The van der Waals surface area contributed by atoms with Gasteiger partial charge in [0.25, 0.3) is 0 Å². The summed E-state index contributed by atoms with van der Waals surface area (Å²) in [5, 5.41) is 18.8. The van der Waals surface area contributed by atoms with Gasteiger partial charge in [-0.3, -0.25) is 4.68 Å². The summed E-state index contributed by atoms with van der Waals surface area (Å²) in [5.41, 5.74) is 4.06. The van der Waals surface area contributed by atoms with Crippen molar-refractivity contribution in [2.24, 2.45) is 0 Å². The van der Waals surface area contributed by atoms with Crippen molar-refractivity contribution >= 4 is 22.6 Å². The standard InChI is InChI=1S/C21H26ClN5O2/c22-15-7-17(14-9-25-27(10-14)16-11-29-12-16)21-19(8-15)24-13-26(21)6-2-3-18-20(28)4-1-5-23-18/h7-10,13,16,18,20,23,28H,1-6,11-12H2/t18-,20+/m1/s1. The van der Waals surface area contributed by atoms with E-state index in [9.17, 15) is 5.11 Å².